The summed E-state index contributed by atoms with van der Waals surface area (Å²) in [4.78, 5) is 0. The van der Waals surface area contributed by atoms with E-state index in [0.29, 0.717) is 0 Å². The van der Waals surface area contributed by atoms with Crippen LogP contribution >= 0.6 is 0 Å². The average Bonchev–Trinajstić information content (AvgIpc) is 1.77. The monoisotopic (exact) mass is 132 g/mol. The molecule has 0 aliphatic rings. The van der Waals surface area contributed by atoms with Gasteiger partial charge in [-0.15, -0.1) is 0 Å². The van der Waals surface area contributed by atoms with Crippen molar-refractivity contribution in [3.8, 4) is 0 Å². The number of halogens is 2. The fraction of sp³-hybridized carbons (Fsp3) is 0. The standard InChI is InChI=1S/C6H4F2.H2O/c7-5-3-1-2-4-6(5)8;/h1-4H;1H2. The summed E-state index contributed by atoms with van der Waals surface area (Å²) in [6, 6.07) is 5.04. The molecule has 1 aromatic carbocycles. The maximum absolute atomic E-state index is 11.9. The fourth-order valence-corrected chi connectivity index (χ4v) is 0.439. The molecule has 0 unspecified atom stereocenters. The lowest BCUT2D eigenvalue weighted by molar-refractivity contribution is 0.508. The number of rotatable bonds is 0. The maximum atomic E-state index is 11.9. The lowest BCUT2D eigenvalue weighted by atomic mass is 10.3. The van der Waals surface area contributed by atoms with Gasteiger partial charge in [0.15, 0.2) is 11.6 Å². The summed E-state index contributed by atoms with van der Waals surface area (Å²) in [5.41, 5.74) is 0. The van der Waals surface area contributed by atoms with E-state index in [4.69, 9.17) is 0 Å². The van der Waals surface area contributed by atoms with E-state index in [1.165, 1.54) is 12.1 Å². The van der Waals surface area contributed by atoms with Crippen molar-refractivity contribution in [2.45, 2.75) is 0 Å². The van der Waals surface area contributed by atoms with Crippen molar-refractivity contribution in [3.05, 3.63) is 35.9 Å². The Balaban J connectivity index is 0.000000640. The first kappa shape index (κ1) is 8.04. The first-order valence-electron chi connectivity index (χ1n) is 2.21. The second kappa shape index (κ2) is 3.14. The Morgan fingerprint density at radius 2 is 1.22 bits per heavy atom. The summed E-state index contributed by atoms with van der Waals surface area (Å²) in [5, 5.41) is 0. The van der Waals surface area contributed by atoms with Gasteiger partial charge in [0.05, 0.1) is 0 Å². The van der Waals surface area contributed by atoms with Crippen molar-refractivity contribution >= 4 is 0 Å². The molecule has 0 atom stereocenters. The van der Waals surface area contributed by atoms with Crippen LogP contribution in [0.5, 0.6) is 0 Å². The van der Waals surface area contributed by atoms with Gasteiger partial charge in [-0.05, 0) is 12.1 Å². The van der Waals surface area contributed by atoms with E-state index in [-0.39, 0.29) is 5.48 Å². The molecule has 0 fully saturated rings. The van der Waals surface area contributed by atoms with Gasteiger partial charge < -0.3 is 5.48 Å². The highest BCUT2D eigenvalue weighted by molar-refractivity contribution is 5.05. The largest absolute Gasteiger partial charge is 0.412 e. The molecule has 0 aromatic heterocycles. The number of hydrogen-bond donors (Lipinski definition) is 0. The van der Waals surface area contributed by atoms with Crippen LogP contribution in [0.2, 0.25) is 0 Å². The third-order valence-corrected chi connectivity index (χ3v) is 0.824. The van der Waals surface area contributed by atoms with Crippen molar-refractivity contribution < 1.29 is 14.3 Å². The van der Waals surface area contributed by atoms with Gasteiger partial charge in [-0.1, -0.05) is 12.1 Å². The van der Waals surface area contributed by atoms with E-state index < -0.39 is 11.6 Å². The predicted molar refractivity (Wildman–Crippen MR) is 30.0 cm³/mol. The zero-order chi connectivity index (χ0) is 5.98. The summed E-state index contributed by atoms with van der Waals surface area (Å²) in [6.45, 7) is 0. The van der Waals surface area contributed by atoms with E-state index in [9.17, 15) is 8.78 Å². The molecular formula is C6H6F2O. The number of hydrogen-bond acceptors (Lipinski definition) is 0. The normalized spacial score (nSPS) is 8.22. The topological polar surface area (TPSA) is 31.5 Å². The van der Waals surface area contributed by atoms with Crippen LogP contribution < -0.4 is 0 Å². The van der Waals surface area contributed by atoms with Gasteiger partial charge >= 0.3 is 0 Å². The lowest BCUT2D eigenvalue weighted by Crippen LogP contribution is -1.77. The van der Waals surface area contributed by atoms with Gasteiger partial charge in [0, 0.05) is 0 Å². The molecule has 2 N–H and O–H groups in total. The molecule has 0 spiro atoms. The van der Waals surface area contributed by atoms with Gasteiger partial charge in [0.1, 0.15) is 0 Å². The molecule has 0 amide bonds. The zero-order valence-corrected chi connectivity index (χ0v) is 4.57. The summed E-state index contributed by atoms with van der Waals surface area (Å²) in [6.07, 6.45) is 0. The molecular weight excluding hydrogens is 126 g/mol. The van der Waals surface area contributed by atoms with E-state index in [1.807, 2.05) is 0 Å². The van der Waals surface area contributed by atoms with E-state index in [1.54, 1.807) is 0 Å². The highest BCUT2D eigenvalue weighted by Crippen LogP contribution is 2.01. The molecule has 50 valence electrons. The Hall–Kier alpha value is -0.960. The second-order valence-electron chi connectivity index (χ2n) is 1.41. The van der Waals surface area contributed by atoms with Crippen LogP contribution in [0.1, 0.15) is 0 Å². The highest BCUT2D eigenvalue weighted by Gasteiger charge is 1.93. The zero-order valence-electron chi connectivity index (χ0n) is 4.57. The van der Waals surface area contributed by atoms with Crippen LogP contribution in [0.15, 0.2) is 24.3 Å². The first-order chi connectivity index (χ1) is 3.80. The summed E-state index contributed by atoms with van der Waals surface area (Å²) in [5.74, 6) is -1.60. The minimum absolute atomic E-state index is 0. The van der Waals surface area contributed by atoms with Crippen molar-refractivity contribution in [2.24, 2.45) is 0 Å². The first-order valence-corrected chi connectivity index (χ1v) is 2.21. The van der Waals surface area contributed by atoms with Crippen LogP contribution in [-0.2, 0) is 0 Å². The minimum Gasteiger partial charge on any atom is -0.412 e. The molecule has 0 aliphatic heterocycles. The molecule has 0 heterocycles. The molecule has 3 heteroatoms. The summed E-state index contributed by atoms with van der Waals surface area (Å²) < 4.78 is 23.9. The van der Waals surface area contributed by atoms with Crippen LogP contribution in [-0.4, -0.2) is 5.48 Å². The lowest BCUT2D eigenvalue weighted by Gasteiger charge is -1.85. The molecule has 0 saturated carbocycles. The van der Waals surface area contributed by atoms with Gasteiger partial charge in [-0.3, -0.25) is 0 Å². The molecule has 0 saturated heterocycles. The van der Waals surface area contributed by atoms with Crippen LogP contribution in [0.4, 0.5) is 8.78 Å². The molecule has 1 rings (SSSR count). The fourth-order valence-electron chi connectivity index (χ4n) is 0.439. The molecule has 1 nitrogen and oxygen atoms in total. The molecule has 1 aromatic rings. The van der Waals surface area contributed by atoms with E-state index >= 15 is 0 Å². The second-order valence-corrected chi connectivity index (χ2v) is 1.41. The van der Waals surface area contributed by atoms with Crippen LogP contribution in [0.3, 0.4) is 0 Å². The van der Waals surface area contributed by atoms with Gasteiger partial charge in [0.25, 0.3) is 0 Å². The molecule has 0 radical (unpaired) electrons. The SMILES string of the molecule is Fc1ccccc1F.O. The average molecular weight is 132 g/mol. The highest BCUT2D eigenvalue weighted by atomic mass is 19.2. The Kier molecular flexibility index (Phi) is 2.81. The van der Waals surface area contributed by atoms with E-state index in [2.05, 4.69) is 0 Å². The van der Waals surface area contributed by atoms with Crippen molar-refractivity contribution in [3.63, 3.8) is 0 Å². The van der Waals surface area contributed by atoms with E-state index in [0.717, 1.165) is 12.1 Å². The smallest absolute Gasteiger partial charge is 0.158 e. The Morgan fingerprint density at radius 1 is 0.889 bits per heavy atom. The minimum atomic E-state index is -0.799. The van der Waals surface area contributed by atoms with Crippen LogP contribution in [0.25, 0.3) is 0 Å². The molecule has 0 bridgehead atoms. The number of benzene rings is 1. The third-order valence-electron chi connectivity index (χ3n) is 0.824. The summed E-state index contributed by atoms with van der Waals surface area (Å²) in [7, 11) is 0. The van der Waals surface area contributed by atoms with Gasteiger partial charge in [-0.2, -0.15) is 0 Å². The third kappa shape index (κ3) is 1.77. The van der Waals surface area contributed by atoms with Gasteiger partial charge in [0.2, 0.25) is 0 Å². The Bertz CT molecular complexity index is 167. The Labute approximate surface area is 51.2 Å². The predicted octanol–water partition coefficient (Wildman–Crippen LogP) is 1.14. The summed E-state index contributed by atoms with van der Waals surface area (Å²) >= 11 is 0. The Morgan fingerprint density at radius 3 is 1.44 bits per heavy atom. The molecule has 0 aliphatic carbocycles. The van der Waals surface area contributed by atoms with Crippen molar-refractivity contribution in [1.82, 2.24) is 0 Å². The molecule has 9 heavy (non-hydrogen) atoms. The quantitative estimate of drug-likeness (QED) is 0.507. The van der Waals surface area contributed by atoms with Crippen molar-refractivity contribution in [1.29, 1.82) is 0 Å². The van der Waals surface area contributed by atoms with Crippen LogP contribution in [0, 0.1) is 11.6 Å². The van der Waals surface area contributed by atoms with Crippen molar-refractivity contribution in [2.75, 3.05) is 0 Å². The van der Waals surface area contributed by atoms with Gasteiger partial charge in [-0.25, -0.2) is 8.78 Å². The maximum Gasteiger partial charge on any atom is 0.158 e.